The number of ketones is 1. The molecule has 3 aromatic rings. The van der Waals surface area contributed by atoms with E-state index in [4.69, 9.17) is 4.74 Å². The summed E-state index contributed by atoms with van der Waals surface area (Å²) in [5.41, 5.74) is 1.33. The molecule has 1 fully saturated rings. The highest BCUT2D eigenvalue weighted by molar-refractivity contribution is 6.46. The van der Waals surface area contributed by atoms with Crippen molar-refractivity contribution in [3.8, 4) is 0 Å². The van der Waals surface area contributed by atoms with Gasteiger partial charge in [-0.05, 0) is 48.4 Å². The predicted molar refractivity (Wildman–Crippen MR) is 128 cm³/mol. The van der Waals surface area contributed by atoms with Crippen LogP contribution in [0.2, 0.25) is 0 Å². The molecule has 10 heteroatoms. The van der Waals surface area contributed by atoms with Crippen molar-refractivity contribution in [1.29, 1.82) is 0 Å². The standard InChI is InChI=1S/C26H21N3O7/c1-2-36-26(33)18-7-5-16(6-8-18)15-28-22(19-4-3-13-27-14-19)21(24(31)25(28)32)23(30)17-9-11-20(12-10-17)29(34)35/h3-14,22,30H,2,15H2,1H3/b23-21-. The number of nitrogens with zero attached hydrogens (tertiary/aromatic N) is 3. The number of aliphatic hydroxyl groups is 1. The van der Waals surface area contributed by atoms with Gasteiger partial charge >= 0.3 is 5.97 Å². The van der Waals surface area contributed by atoms with Crippen molar-refractivity contribution in [1.82, 2.24) is 9.88 Å². The lowest BCUT2D eigenvalue weighted by atomic mass is 9.96. The molecule has 36 heavy (non-hydrogen) atoms. The minimum Gasteiger partial charge on any atom is -0.507 e. The Morgan fingerprint density at radius 3 is 2.33 bits per heavy atom. The summed E-state index contributed by atoms with van der Waals surface area (Å²) in [4.78, 5) is 53.9. The van der Waals surface area contributed by atoms with Crippen LogP contribution >= 0.6 is 0 Å². The van der Waals surface area contributed by atoms with E-state index in [9.17, 15) is 29.6 Å². The molecule has 1 aromatic heterocycles. The minimum absolute atomic E-state index is 0.0181. The number of ether oxygens (including phenoxy) is 1. The van der Waals surface area contributed by atoms with Gasteiger partial charge in [0.05, 0.1) is 28.7 Å². The molecule has 2 heterocycles. The van der Waals surface area contributed by atoms with Crippen molar-refractivity contribution >= 4 is 29.1 Å². The number of nitro groups is 1. The number of hydrogen-bond acceptors (Lipinski definition) is 8. The van der Waals surface area contributed by atoms with Crippen molar-refractivity contribution in [2.45, 2.75) is 19.5 Å². The molecule has 1 atom stereocenters. The molecule has 2 aromatic carbocycles. The third-order valence-electron chi connectivity index (χ3n) is 5.71. The quantitative estimate of drug-likeness (QED) is 0.133. The maximum Gasteiger partial charge on any atom is 0.338 e. The van der Waals surface area contributed by atoms with Gasteiger partial charge in [0.25, 0.3) is 17.4 Å². The largest absolute Gasteiger partial charge is 0.507 e. The van der Waals surface area contributed by atoms with Crippen LogP contribution < -0.4 is 0 Å². The Hall–Kier alpha value is -4.86. The van der Waals surface area contributed by atoms with E-state index in [2.05, 4.69) is 4.98 Å². The Labute approximate surface area is 205 Å². The van der Waals surface area contributed by atoms with Gasteiger partial charge in [-0.25, -0.2) is 4.79 Å². The smallest absolute Gasteiger partial charge is 0.338 e. The van der Waals surface area contributed by atoms with Crippen molar-refractivity contribution in [3.63, 3.8) is 0 Å². The second-order valence-corrected chi connectivity index (χ2v) is 7.93. The Kier molecular flexibility index (Phi) is 6.86. The number of benzene rings is 2. The molecule has 1 N–H and O–H groups in total. The zero-order valence-corrected chi connectivity index (χ0v) is 19.2. The number of amides is 1. The molecule has 1 aliphatic rings. The fourth-order valence-electron chi connectivity index (χ4n) is 3.98. The fourth-order valence-corrected chi connectivity index (χ4v) is 3.98. The number of rotatable bonds is 7. The molecular weight excluding hydrogens is 466 g/mol. The van der Waals surface area contributed by atoms with Gasteiger partial charge in [-0.3, -0.25) is 24.7 Å². The van der Waals surface area contributed by atoms with Gasteiger partial charge in [-0.15, -0.1) is 0 Å². The molecule has 0 aliphatic carbocycles. The van der Waals surface area contributed by atoms with Gasteiger partial charge < -0.3 is 14.7 Å². The Bertz CT molecular complexity index is 1350. The lowest BCUT2D eigenvalue weighted by Gasteiger charge is -2.25. The maximum atomic E-state index is 13.1. The van der Waals surface area contributed by atoms with E-state index in [0.29, 0.717) is 16.7 Å². The summed E-state index contributed by atoms with van der Waals surface area (Å²) in [6.07, 6.45) is 3.04. The number of carbonyl (C=O) groups is 3. The van der Waals surface area contributed by atoms with Crippen LogP contribution in [-0.4, -0.2) is 44.2 Å². The van der Waals surface area contributed by atoms with Crippen LogP contribution in [-0.2, 0) is 20.9 Å². The number of pyridine rings is 1. The van der Waals surface area contributed by atoms with Gasteiger partial charge in [0, 0.05) is 36.6 Å². The Morgan fingerprint density at radius 1 is 1.08 bits per heavy atom. The summed E-state index contributed by atoms with van der Waals surface area (Å²) in [6.45, 7) is 1.97. The van der Waals surface area contributed by atoms with Crippen LogP contribution in [0.5, 0.6) is 0 Å². The van der Waals surface area contributed by atoms with Crippen molar-refractivity contribution in [2.75, 3.05) is 6.61 Å². The molecule has 1 unspecified atom stereocenters. The highest BCUT2D eigenvalue weighted by Gasteiger charge is 2.46. The molecule has 0 spiro atoms. The van der Waals surface area contributed by atoms with Gasteiger partial charge in [-0.2, -0.15) is 0 Å². The molecular formula is C26H21N3O7. The highest BCUT2D eigenvalue weighted by atomic mass is 16.6. The van der Waals surface area contributed by atoms with Gasteiger partial charge in [0.1, 0.15) is 5.76 Å². The van der Waals surface area contributed by atoms with Crippen molar-refractivity contribution in [2.24, 2.45) is 0 Å². The summed E-state index contributed by atoms with van der Waals surface area (Å²) in [7, 11) is 0. The third-order valence-corrected chi connectivity index (χ3v) is 5.71. The number of aromatic nitrogens is 1. The van der Waals surface area contributed by atoms with Crippen LogP contribution in [0.3, 0.4) is 0 Å². The highest BCUT2D eigenvalue weighted by Crippen LogP contribution is 2.40. The molecule has 1 amide bonds. The summed E-state index contributed by atoms with van der Waals surface area (Å²) in [5.74, 6) is -2.62. The third kappa shape index (κ3) is 4.69. The lowest BCUT2D eigenvalue weighted by Crippen LogP contribution is -2.29. The summed E-state index contributed by atoms with van der Waals surface area (Å²) >= 11 is 0. The topological polar surface area (TPSA) is 140 Å². The molecule has 1 aliphatic heterocycles. The number of esters is 1. The molecule has 4 rings (SSSR count). The Morgan fingerprint density at radius 2 is 1.75 bits per heavy atom. The van der Waals surface area contributed by atoms with Crippen LogP contribution in [0.15, 0.2) is 78.6 Å². The molecule has 0 bridgehead atoms. The van der Waals surface area contributed by atoms with E-state index in [1.807, 2.05) is 0 Å². The first-order valence-corrected chi connectivity index (χ1v) is 11.0. The first kappa shape index (κ1) is 24.3. The van der Waals surface area contributed by atoms with E-state index >= 15 is 0 Å². The number of aliphatic hydroxyl groups excluding tert-OH is 1. The monoisotopic (exact) mass is 487 g/mol. The van der Waals surface area contributed by atoms with Crippen LogP contribution in [0, 0.1) is 10.1 Å². The molecule has 0 saturated carbocycles. The average molecular weight is 487 g/mol. The summed E-state index contributed by atoms with van der Waals surface area (Å²) in [6, 6.07) is 13.9. The van der Waals surface area contributed by atoms with Gasteiger partial charge in [0.2, 0.25) is 0 Å². The maximum absolute atomic E-state index is 13.1. The zero-order valence-electron chi connectivity index (χ0n) is 19.2. The van der Waals surface area contributed by atoms with E-state index in [1.54, 1.807) is 49.5 Å². The molecule has 0 radical (unpaired) electrons. The van der Waals surface area contributed by atoms with E-state index < -0.39 is 34.4 Å². The number of likely N-dealkylation sites (tertiary alicyclic amines) is 1. The lowest BCUT2D eigenvalue weighted by molar-refractivity contribution is -0.384. The van der Waals surface area contributed by atoms with Crippen molar-refractivity contribution < 1.29 is 29.2 Å². The normalized spacial score (nSPS) is 16.7. The fraction of sp³-hybridized carbons (Fsp3) is 0.154. The van der Waals surface area contributed by atoms with Gasteiger partial charge in [0.15, 0.2) is 0 Å². The second-order valence-electron chi connectivity index (χ2n) is 7.93. The average Bonchev–Trinajstić information content (AvgIpc) is 3.14. The predicted octanol–water partition coefficient (Wildman–Crippen LogP) is 3.79. The van der Waals surface area contributed by atoms with E-state index in [-0.39, 0.29) is 30.0 Å². The van der Waals surface area contributed by atoms with Gasteiger partial charge in [-0.1, -0.05) is 18.2 Å². The number of carbonyl (C=O) groups excluding carboxylic acids is 3. The number of non-ortho nitro benzene ring substituents is 1. The zero-order chi connectivity index (χ0) is 25.8. The Balaban J connectivity index is 1.74. The van der Waals surface area contributed by atoms with Crippen molar-refractivity contribution in [3.05, 3.63) is 111 Å². The first-order chi connectivity index (χ1) is 17.3. The van der Waals surface area contributed by atoms with Crippen LogP contribution in [0.25, 0.3) is 5.76 Å². The van der Waals surface area contributed by atoms with E-state index in [0.717, 1.165) is 0 Å². The summed E-state index contributed by atoms with van der Waals surface area (Å²) in [5, 5.41) is 22.0. The van der Waals surface area contributed by atoms with Crippen LogP contribution in [0.1, 0.15) is 40.0 Å². The first-order valence-electron chi connectivity index (χ1n) is 11.0. The molecule has 1 saturated heterocycles. The number of hydrogen-bond donors (Lipinski definition) is 1. The molecule has 182 valence electrons. The SMILES string of the molecule is CCOC(=O)c1ccc(CN2C(=O)C(=O)/C(=C(\O)c3ccc([N+](=O)[O-])cc3)C2c2cccnc2)cc1. The minimum atomic E-state index is -0.946. The molecule has 10 nitrogen and oxygen atoms in total. The summed E-state index contributed by atoms with van der Waals surface area (Å²) < 4.78 is 4.98. The second kappa shape index (κ2) is 10.2. The number of nitro benzene ring substituents is 1. The van der Waals surface area contributed by atoms with Crippen LogP contribution in [0.4, 0.5) is 5.69 Å². The number of Topliss-reactive ketones (excluding diaryl/α,β-unsaturated/α-hetero) is 1. The van der Waals surface area contributed by atoms with E-state index in [1.165, 1.54) is 35.4 Å².